The van der Waals surface area contributed by atoms with Crippen molar-refractivity contribution in [1.82, 2.24) is 29.1 Å². The Kier molecular flexibility index (Phi) is 6.30. The molecule has 0 aliphatic carbocycles. The van der Waals surface area contributed by atoms with Crippen molar-refractivity contribution in [2.24, 2.45) is 0 Å². The van der Waals surface area contributed by atoms with Crippen molar-refractivity contribution in [3.8, 4) is 28.3 Å². The van der Waals surface area contributed by atoms with Gasteiger partial charge in [0.25, 0.3) is 11.4 Å². The molecule has 0 aliphatic rings. The van der Waals surface area contributed by atoms with Crippen molar-refractivity contribution < 1.29 is 9.13 Å². The van der Waals surface area contributed by atoms with Gasteiger partial charge >= 0.3 is 0 Å². The summed E-state index contributed by atoms with van der Waals surface area (Å²) in [6.45, 7) is 7.47. The summed E-state index contributed by atoms with van der Waals surface area (Å²) in [7, 11) is 0. The van der Waals surface area contributed by atoms with E-state index < -0.39 is 11.9 Å². The molecule has 9 nitrogen and oxygen atoms in total. The first-order valence-electron chi connectivity index (χ1n) is 12.7. The van der Waals surface area contributed by atoms with Crippen LogP contribution in [0.1, 0.15) is 38.1 Å². The second-order valence-electron chi connectivity index (χ2n) is 9.80. The Bertz CT molecular complexity index is 1950. The van der Waals surface area contributed by atoms with Gasteiger partial charge < -0.3 is 10.5 Å². The van der Waals surface area contributed by atoms with Crippen molar-refractivity contribution in [2.75, 3.05) is 5.73 Å². The summed E-state index contributed by atoms with van der Waals surface area (Å²) in [4.78, 5) is 27.5. The number of hydrogen-bond donors (Lipinski definition) is 1. The van der Waals surface area contributed by atoms with Crippen LogP contribution in [0.15, 0.2) is 65.2 Å². The minimum absolute atomic E-state index is 0.0902. The van der Waals surface area contributed by atoms with Gasteiger partial charge in [-0.15, -0.1) is 11.3 Å². The van der Waals surface area contributed by atoms with E-state index in [1.807, 2.05) is 55.6 Å². The number of aryl methyl sites for hydroxylation is 1. The molecule has 0 saturated heterocycles. The van der Waals surface area contributed by atoms with E-state index in [-0.39, 0.29) is 23.4 Å². The van der Waals surface area contributed by atoms with Gasteiger partial charge in [0.1, 0.15) is 22.7 Å². The third-order valence-corrected chi connectivity index (χ3v) is 7.73. The first-order chi connectivity index (χ1) is 19.2. The van der Waals surface area contributed by atoms with E-state index in [0.717, 1.165) is 21.7 Å². The van der Waals surface area contributed by atoms with Gasteiger partial charge in [0.15, 0.2) is 11.5 Å². The summed E-state index contributed by atoms with van der Waals surface area (Å²) >= 11 is 1.50. The number of nitrogens with two attached hydrogens (primary N) is 1. The van der Waals surface area contributed by atoms with E-state index in [1.165, 1.54) is 29.9 Å². The third-order valence-electron chi connectivity index (χ3n) is 6.73. The maximum absolute atomic E-state index is 14.9. The number of pyridine rings is 2. The minimum Gasteiger partial charge on any atom is -0.473 e. The first kappa shape index (κ1) is 25.6. The molecule has 0 unspecified atom stereocenters. The fourth-order valence-corrected chi connectivity index (χ4v) is 5.84. The monoisotopic (exact) mass is 555 g/mol. The number of halogens is 1. The Morgan fingerprint density at radius 2 is 1.82 bits per heavy atom. The summed E-state index contributed by atoms with van der Waals surface area (Å²) in [6.07, 6.45) is 2.63. The third kappa shape index (κ3) is 4.19. The second kappa shape index (κ2) is 9.83. The van der Waals surface area contributed by atoms with Gasteiger partial charge in [-0.25, -0.2) is 24.0 Å². The van der Waals surface area contributed by atoms with Crippen LogP contribution in [0, 0.1) is 12.7 Å². The molecule has 0 amide bonds. The Hall–Kier alpha value is -4.64. The van der Waals surface area contributed by atoms with Crippen LogP contribution in [-0.4, -0.2) is 35.2 Å². The van der Waals surface area contributed by atoms with Gasteiger partial charge in [0.2, 0.25) is 0 Å². The Morgan fingerprint density at radius 1 is 1.05 bits per heavy atom. The topological polar surface area (TPSA) is 113 Å². The number of nitrogen functional groups attached to an aromatic ring is 1. The smallest absolute Gasteiger partial charge is 0.264 e. The molecule has 40 heavy (non-hydrogen) atoms. The van der Waals surface area contributed by atoms with Crippen LogP contribution in [0.25, 0.3) is 38.2 Å². The number of benzene rings is 1. The van der Waals surface area contributed by atoms with Crippen LogP contribution in [0.3, 0.4) is 0 Å². The molecule has 0 radical (unpaired) electrons. The Balaban J connectivity index is 1.58. The average Bonchev–Trinajstić information content (AvgIpc) is 3.51. The van der Waals surface area contributed by atoms with E-state index in [9.17, 15) is 9.18 Å². The van der Waals surface area contributed by atoms with E-state index in [4.69, 9.17) is 15.6 Å². The summed E-state index contributed by atoms with van der Waals surface area (Å²) < 4.78 is 23.8. The molecule has 0 aliphatic heterocycles. The summed E-state index contributed by atoms with van der Waals surface area (Å²) in [5.74, 6) is -0.503. The average molecular weight is 556 g/mol. The molecule has 0 bridgehead atoms. The second-order valence-corrected chi connectivity index (χ2v) is 10.7. The van der Waals surface area contributed by atoms with Crippen LogP contribution >= 0.6 is 11.3 Å². The summed E-state index contributed by atoms with van der Waals surface area (Å²) in [5.41, 5.74) is 10.5. The van der Waals surface area contributed by atoms with E-state index in [2.05, 4.69) is 15.0 Å². The number of thiazole rings is 1. The predicted molar refractivity (Wildman–Crippen MR) is 154 cm³/mol. The molecule has 5 aromatic heterocycles. The normalized spacial score (nSPS) is 12.4. The summed E-state index contributed by atoms with van der Waals surface area (Å²) in [5, 5.41) is 7.29. The lowest BCUT2D eigenvalue weighted by Gasteiger charge is -2.18. The van der Waals surface area contributed by atoms with Crippen molar-refractivity contribution in [3.05, 3.63) is 87.8 Å². The molecule has 0 spiro atoms. The standard InChI is InChI=1S/C29H26FN7O2S/c1-15(2)39-28-21(30)10-19(12-32-28)25-24-26(31)33-14-34-27(24)37(35-25)17(4)20-11-22-36(16(3)13-40-22)29(38)23(20)18-8-6-5-7-9-18/h5-15,17H,1-4H3,(H2,31,33,34)/t17-/m1/s1. The number of anilines is 1. The molecule has 202 valence electrons. The molecule has 5 heterocycles. The highest BCUT2D eigenvalue weighted by molar-refractivity contribution is 7.15. The number of ether oxygens (including phenoxy) is 1. The van der Waals surface area contributed by atoms with Crippen molar-refractivity contribution in [2.45, 2.75) is 39.8 Å². The zero-order valence-electron chi connectivity index (χ0n) is 22.3. The zero-order valence-corrected chi connectivity index (χ0v) is 23.1. The van der Waals surface area contributed by atoms with Crippen LogP contribution in [0.2, 0.25) is 0 Å². The zero-order chi connectivity index (χ0) is 28.1. The maximum Gasteiger partial charge on any atom is 0.264 e. The molecular weight excluding hydrogens is 529 g/mol. The fourth-order valence-electron chi connectivity index (χ4n) is 4.91. The Labute approximate surface area is 232 Å². The van der Waals surface area contributed by atoms with Gasteiger partial charge in [-0.05, 0) is 51.0 Å². The molecule has 0 saturated carbocycles. The molecule has 0 fully saturated rings. The Morgan fingerprint density at radius 3 is 2.55 bits per heavy atom. The maximum atomic E-state index is 14.9. The minimum atomic E-state index is -0.615. The van der Waals surface area contributed by atoms with Gasteiger partial charge in [-0.2, -0.15) is 5.10 Å². The van der Waals surface area contributed by atoms with Gasteiger partial charge in [0, 0.05) is 22.8 Å². The van der Waals surface area contributed by atoms with Gasteiger partial charge in [-0.1, -0.05) is 30.3 Å². The number of rotatable bonds is 6. The van der Waals surface area contributed by atoms with Crippen LogP contribution in [0.5, 0.6) is 5.88 Å². The molecule has 6 rings (SSSR count). The van der Waals surface area contributed by atoms with Crippen molar-refractivity contribution >= 4 is 33.0 Å². The van der Waals surface area contributed by atoms with Gasteiger partial charge in [0.05, 0.1) is 23.1 Å². The quantitative estimate of drug-likeness (QED) is 0.282. The molecule has 11 heteroatoms. The number of aromatic nitrogens is 6. The SMILES string of the molecule is Cc1csc2cc([C@@H](C)n3nc(-c4cnc(OC(C)C)c(F)c4)c4c(N)ncnc43)c(-c3ccccc3)c(=O)n12. The van der Waals surface area contributed by atoms with Gasteiger partial charge in [-0.3, -0.25) is 9.20 Å². The van der Waals surface area contributed by atoms with E-state index in [0.29, 0.717) is 27.9 Å². The van der Waals surface area contributed by atoms with Crippen molar-refractivity contribution in [1.29, 1.82) is 0 Å². The predicted octanol–water partition coefficient (Wildman–Crippen LogP) is 5.66. The highest BCUT2D eigenvalue weighted by atomic mass is 32.1. The summed E-state index contributed by atoms with van der Waals surface area (Å²) in [6, 6.07) is 12.5. The largest absolute Gasteiger partial charge is 0.473 e. The lowest BCUT2D eigenvalue weighted by molar-refractivity contribution is 0.221. The van der Waals surface area contributed by atoms with Crippen LogP contribution in [-0.2, 0) is 0 Å². The van der Waals surface area contributed by atoms with Crippen molar-refractivity contribution in [3.63, 3.8) is 0 Å². The first-order valence-corrected chi connectivity index (χ1v) is 13.6. The molecule has 1 atom stereocenters. The molecule has 1 aromatic carbocycles. The van der Waals surface area contributed by atoms with Crippen LogP contribution in [0.4, 0.5) is 10.2 Å². The molecule has 6 aromatic rings. The highest BCUT2D eigenvalue weighted by Crippen LogP contribution is 2.36. The number of fused-ring (bicyclic) bond motifs is 2. The lowest BCUT2D eigenvalue weighted by Crippen LogP contribution is -2.21. The number of hydrogen-bond acceptors (Lipinski definition) is 8. The lowest BCUT2D eigenvalue weighted by atomic mass is 9.97. The molecule has 2 N–H and O–H groups in total. The fraction of sp³-hybridized carbons (Fsp3) is 0.207. The van der Waals surface area contributed by atoms with E-state index >= 15 is 0 Å². The number of nitrogens with zero attached hydrogens (tertiary/aromatic N) is 6. The van der Waals surface area contributed by atoms with E-state index in [1.54, 1.807) is 22.9 Å². The molecular formula is C29H26FN7O2S. The van der Waals surface area contributed by atoms with Crippen LogP contribution < -0.4 is 16.0 Å². The highest BCUT2D eigenvalue weighted by Gasteiger charge is 2.26.